The minimum absolute atomic E-state index is 0.120. The summed E-state index contributed by atoms with van der Waals surface area (Å²) in [6.07, 6.45) is 9.37. The average molecular weight is 271 g/mol. The van der Waals surface area contributed by atoms with Crippen LogP contribution in [-0.4, -0.2) is 35.6 Å². The zero-order valence-electron chi connectivity index (χ0n) is 13.1. The van der Waals surface area contributed by atoms with Gasteiger partial charge in [0, 0.05) is 12.5 Å². The molecule has 0 fully saturated rings. The summed E-state index contributed by atoms with van der Waals surface area (Å²) in [5.74, 6) is 0.451. The summed E-state index contributed by atoms with van der Waals surface area (Å²) in [5, 5.41) is 11.7. The highest BCUT2D eigenvalue weighted by Gasteiger charge is 2.12. The van der Waals surface area contributed by atoms with Gasteiger partial charge < -0.3 is 15.8 Å². The molecule has 0 saturated heterocycles. The van der Waals surface area contributed by atoms with Crippen molar-refractivity contribution < 1.29 is 5.21 Å². The number of nitrogens with two attached hydrogens (primary N) is 1. The molecule has 3 N–H and O–H groups in total. The lowest BCUT2D eigenvalue weighted by molar-refractivity contribution is 0.259. The topological polar surface area (TPSA) is 61.8 Å². The number of rotatable bonds is 12. The van der Waals surface area contributed by atoms with E-state index in [0.717, 1.165) is 19.6 Å². The summed E-state index contributed by atoms with van der Waals surface area (Å²) in [7, 11) is 0. The first-order valence-electron chi connectivity index (χ1n) is 7.85. The molecule has 1 atom stereocenters. The minimum Gasteiger partial charge on any atom is -0.409 e. The van der Waals surface area contributed by atoms with Gasteiger partial charge in [-0.2, -0.15) is 0 Å². The van der Waals surface area contributed by atoms with Crippen molar-refractivity contribution in [1.82, 2.24) is 4.90 Å². The van der Waals surface area contributed by atoms with Crippen molar-refractivity contribution >= 4 is 5.84 Å². The molecule has 0 aromatic carbocycles. The third-order valence-electron chi connectivity index (χ3n) is 3.68. The predicted octanol–water partition coefficient (Wildman–Crippen LogP) is 3.44. The molecule has 114 valence electrons. The van der Waals surface area contributed by atoms with Gasteiger partial charge in [0.2, 0.25) is 0 Å². The fraction of sp³-hybridized carbons (Fsp3) is 0.933. The highest BCUT2D eigenvalue weighted by molar-refractivity contribution is 5.82. The first-order chi connectivity index (χ1) is 9.15. The highest BCUT2D eigenvalue weighted by Crippen LogP contribution is 2.08. The molecule has 0 spiro atoms. The fourth-order valence-corrected chi connectivity index (χ4v) is 2.25. The van der Waals surface area contributed by atoms with Gasteiger partial charge >= 0.3 is 0 Å². The van der Waals surface area contributed by atoms with Gasteiger partial charge in [-0.15, -0.1) is 0 Å². The molecule has 0 amide bonds. The molecule has 4 heteroatoms. The second-order valence-electron chi connectivity index (χ2n) is 5.44. The van der Waals surface area contributed by atoms with Crippen LogP contribution >= 0.6 is 0 Å². The maximum absolute atomic E-state index is 8.65. The zero-order valence-corrected chi connectivity index (χ0v) is 13.1. The van der Waals surface area contributed by atoms with Crippen LogP contribution in [0.15, 0.2) is 5.16 Å². The molecular weight excluding hydrogens is 238 g/mol. The van der Waals surface area contributed by atoms with E-state index in [4.69, 9.17) is 10.9 Å². The van der Waals surface area contributed by atoms with E-state index in [1.807, 2.05) is 6.92 Å². The van der Waals surface area contributed by atoms with Crippen molar-refractivity contribution in [2.45, 2.75) is 65.7 Å². The van der Waals surface area contributed by atoms with Crippen molar-refractivity contribution in [2.75, 3.05) is 19.6 Å². The van der Waals surface area contributed by atoms with Crippen molar-refractivity contribution in [1.29, 1.82) is 0 Å². The number of oxime groups is 1. The van der Waals surface area contributed by atoms with Gasteiger partial charge in [-0.3, -0.25) is 0 Å². The Labute approximate surface area is 119 Å². The second-order valence-corrected chi connectivity index (χ2v) is 5.44. The summed E-state index contributed by atoms with van der Waals surface area (Å²) < 4.78 is 0. The molecule has 0 radical (unpaired) electrons. The van der Waals surface area contributed by atoms with Crippen LogP contribution in [0.4, 0.5) is 0 Å². The van der Waals surface area contributed by atoms with Crippen molar-refractivity contribution in [3.05, 3.63) is 0 Å². The van der Waals surface area contributed by atoms with Gasteiger partial charge in [-0.1, -0.05) is 64.5 Å². The quantitative estimate of drug-likeness (QED) is 0.188. The highest BCUT2D eigenvalue weighted by atomic mass is 16.4. The van der Waals surface area contributed by atoms with E-state index >= 15 is 0 Å². The van der Waals surface area contributed by atoms with Gasteiger partial charge in [0.25, 0.3) is 0 Å². The fourth-order valence-electron chi connectivity index (χ4n) is 2.25. The van der Waals surface area contributed by atoms with Crippen molar-refractivity contribution in [3.63, 3.8) is 0 Å². The van der Waals surface area contributed by atoms with Gasteiger partial charge in [0.15, 0.2) is 0 Å². The summed E-state index contributed by atoms with van der Waals surface area (Å²) in [4.78, 5) is 2.38. The lowest BCUT2D eigenvalue weighted by Crippen LogP contribution is -2.35. The Morgan fingerprint density at radius 3 is 2.21 bits per heavy atom. The third-order valence-corrected chi connectivity index (χ3v) is 3.68. The van der Waals surface area contributed by atoms with E-state index in [1.54, 1.807) is 0 Å². The maximum Gasteiger partial charge on any atom is 0.143 e. The number of nitrogens with zero attached hydrogens (tertiary/aromatic N) is 2. The molecule has 19 heavy (non-hydrogen) atoms. The average Bonchev–Trinajstić information content (AvgIpc) is 2.43. The van der Waals surface area contributed by atoms with Gasteiger partial charge in [0.05, 0.1) is 0 Å². The third kappa shape index (κ3) is 9.77. The van der Waals surface area contributed by atoms with Gasteiger partial charge in [0.1, 0.15) is 5.84 Å². The van der Waals surface area contributed by atoms with E-state index in [-0.39, 0.29) is 5.92 Å². The Balaban J connectivity index is 3.65. The molecule has 0 heterocycles. The molecule has 4 nitrogen and oxygen atoms in total. The largest absolute Gasteiger partial charge is 0.409 e. The lowest BCUT2D eigenvalue weighted by Gasteiger charge is -2.23. The molecule has 0 aliphatic heterocycles. The van der Waals surface area contributed by atoms with Crippen LogP contribution in [0.3, 0.4) is 0 Å². The molecule has 0 bridgehead atoms. The molecule has 1 unspecified atom stereocenters. The maximum atomic E-state index is 8.65. The summed E-state index contributed by atoms with van der Waals surface area (Å²) in [6.45, 7) is 9.44. The molecule has 0 saturated carbocycles. The molecule has 0 aromatic heterocycles. The smallest absolute Gasteiger partial charge is 0.143 e. The number of hydrogen-bond donors (Lipinski definition) is 2. The normalized spacial score (nSPS) is 14.0. The van der Waals surface area contributed by atoms with E-state index in [0.29, 0.717) is 5.84 Å². The molecule has 0 rings (SSSR count). The number of hydrogen-bond acceptors (Lipinski definition) is 3. The second kappa shape index (κ2) is 12.3. The van der Waals surface area contributed by atoms with Crippen LogP contribution in [0.1, 0.15) is 65.7 Å². The van der Waals surface area contributed by atoms with Crippen molar-refractivity contribution in [2.24, 2.45) is 16.8 Å². The Morgan fingerprint density at radius 2 is 1.68 bits per heavy atom. The Bertz CT molecular complexity index is 231. The summed E-state index contributed by atoms with van der Waals surface area (Å²) in [6, 6.07) is 0. The van der Waals surface area contributed by atoms with Crippen molar-refractivity contribution in [3.8, 4) is 0 Å². The molecule has 0 aliphatic carbocycles. The van der Waals surface area contributed by atoms with E-state index in [1.165, 1.54) is 44.9 Å². The van der Waals surface area contributed by atoms with Crippen LogP contribution in [0.5, 0.6) is 0 Å². The number of unbranched alkanes of at least 4 members (excludes halogenated alkanes) is 6. The Kier molecular flexibility index (Phi) is 11.8. The van der Waals surface area contributed by atoms with Crippen LogP contribution in [0.25, 0.3) is 0 Å². The molecular formula is C15H33N3O. The monoisotopic (exact) mass is 271 g/mol. The van der Waals surface area contributed by atoms with Crippen LogP contribution < -0.4 is 5.73 Å². The van der Waals surface area contributed by atoms with Gasteiger partial charge in [-0.05, 0) is 19.5 Å². The van der Waals surface area contributed by atoms with E-state index < -0.39 is 0 Å². The van der Waals surface area contributed by atoms with Crippen LogP contribution in [0, 0.1) is 5.92 Å². The minimum atomic E-state index is 0.120. The first-order valence-corrected chi connectivity index (χ1v) is 7.85. The Morgan fingerprint density at radius 1 is 1.11 bits per heavy atom. The zero-order chi connectivity index (χ0) is 14.5. The first kappa shape index (κ1) is 18.2. The predicted molar refractivity (Wildman–Crippen MR) is 82.7 cm³/mol. The van der Waals surface area contributed by atoms with Gasteiger partial charge in [-0.25, -0.2) is 0 Å². The standard InChI is InChI=1S/C15H33N3O/c1-4-6-7-8-9-10-11-12-18(5-2)13-14(3)15(16)17-19/h14,19H,4-13H2,1-3H3,(H2,16,17). The SMILES string of the molecule is CCCCCCCCCN(CC)CC(C)C(N)=NO. The van der Waals surface area contributed by atoms with Crippen LogP contribution in [0.2, 0.25) is 0 Å². The Hall–Kier alpha value is -0.770. The molecule has 0 aliphatic rings. The lowest BCUT2D eigenvalue weighted by atomic mass is 10.1. The summed E-state index contributed by atoms with van der Waals surface area (Å²) >= 11 is 0. The molecule has 0 aromatic rings. The number of amidine groups is 1. The van der Waals surface area contributed by atoms with E-state index in [2.05, 4.69) is 23.9 Å². The van der Waals surface area contributed by atoms with Crippen LogP contribution in [-0.2, 0) is 0 Å². The summed E-state index contributed by atoms with van der Waals surface area (Å²) in [5.41, 5.74) is 5.62. The van der Waals surface area contributed by atoms with E-state index in [9.17, 15) is 0 Å².